The molecule has 1 atom stereocenters. The van der Waals surface area contributed by atoms with Gasteiger partial charge in [-0.05, 0) is 38.3 Å². The summed E-state index contributed by atoms with van der Waals surface area (Å²) in [6.45, 7) is 8.29. The molecule has 1 heterocycles. The highest BCUT2D eigenvalue weighted by molar-refractivity contribution is 4.82. The topological polar surface area (TPSA) is 38.5 Å². The van der Waals surface area contributed by atoms with E-state index in [-0.39, 0.29) is 5.41 Å². The first-order valence-electron chi connectivity index (χ1n) is 6.59. The summed E-state index contributed by atoms with van der Waals surface area (Å²) in [6.07, 6.45) is 4.78. The molecule has 96 valence electrons. The van der Waals surface area contributed by atoms with Crippen LogP contribution in [0.4, 0.5) is 0 Å². The maximum atomic E-state index is 5.92. The quantitative estimate of drug-likeness (QED) is 0.754. The Hall–Kier alpha value is -0.120. The third-order valence-corrected chi connectivity index (χ3v) is 3.79. The molecule has 3 heteroatoms. The highest BCUT2D eigenvalue weighted by atomic mass is 16.5. The van der Waals surface area contributed by atoms with E-state index in [1.165, 1.54) is 25.7 Å². The highest BCUT2D eigenvalue weighted by Crippen LogP contribution is 2.25. The third-order valence-electron chi connectivity index (χ3n) is 3.79. The average molecular weight is 228 g/mol. The van der Waals surface area contributed by atoms with Gasteiger partial charge in [0.1, 0.15) is 0 Å². The van der Waals surface area contributed by atoms with Crippen molar-refractivity contribution in [3.63, 3.8) is 0 Å². The minimum Gasteiger partial charge on any atom is -0.381 e. The Balaban J connectivity index is 2.43. The summed E-state index contributed by atoms with van der Waals surface area (Å²) in [5.74, 6) is 0. The zero-order valence-electron chi connectivity index (χ0n) is 11.2. The van der Waals surface area contributed by atoms with Crippen molar-refractivity contribution >= 4 is 0 Å². The molecule has 1 fully saturated rings. The summed E-state index contributed by atoms with van der Waals surface area (Å²) in [5.41, 5.74) is 6.20. The SMILES string of the molecule is CCCC(C)(CN)CN(C)C1CCOCC1. The summed E-state index contributed by atoms with van der Waals surface area (Å²) in [7, 11) is 2.24. The number of nitrogens with zero attached hydrogens (tertiary/aromatic N) is 1. The monoisotopic (exact) mass is 228 g/mol. The molecule has 0 saturated carbocycles. The van der Waals surface area contributed by atoms with Gasteiger partial charge >= 0.3 is 0 Å². The van der Waals surface area contributed by atoms with Crippen LogP contribution in [0, 0.1) is 5.41 Å². The van der Waals surface area contributed by atoms with E-state index in [0.29, 0.717) is 6.04 Å². The molecule has 0 aromatic carbocycles. The van der Waals surface area contributed by atoms with Crippen LogP contribution in [0.5, 0.6) is 0 Å². The molecular weight excluding hydrogens is 200 g/mol. The fourth-order valence-electron chi connectivity index (χ4n) is 2.71. The summed E-state index contributed by atoms with van der Waals surface area (Å²) >= 11 is 0. The van der Waals surface area contributed by atoms with Crippen LogP contribution >= 0.6 is 0 Å². The Morgan fingerprint density at radius 3 is 2.50 bits per heavy atom. The Bertz CT molecular complexity index is 192. The predicted octanol–water partition coefficient (Wildman–Crippen LogP) is 1.86. The van der Waals surface area contributed by atoms with E-state index in [1.807, 2.05) is 0 Å². The second-order valence-corrected chi connectivity index (χ2v) is 5.52. The molecule has 3 nitrogen and oxygen atoms in total. The fourth-order valence-corrected chi connectivity index (χ4v) is 2.71. The predicted molar refractivity (Wildman–Crippen MR) is 68.5 cm³/mol. The number of nitrogens with two attached hydrogens (primary N) is 1. The van der Waals surface area contributed by atoms with Gasteiger partial charge in [-0.2, -0.15) is 0 Å². The number of hydrogen-bond acceptors (Lipinski definition) is 3. The number of hydrogen-bond donors (Lipinski definition) is 1. The Kier molecular flexibility index (Phi) is 5.73. The third kappa shape index (κ3) is 4.04. The van der Waals surface area contributed by atoms with Gasteiger partial charge in [0.2, 0.25) is 0 Å². The van der Waals surface area contributed by atoms with Gasteiger partial charge in [-0.15, -0.1) is 0 Å². The van der Waals surface area contributed by atoms with Crippen LogP contribution in [0.2, 0.25) is 0 Å². The van der Waals surface area contributed by atoms with E-state index < -0.39 is 0 Å². The van der Waals surface area contributed by atoms with Crippen LogP contribution in [0.15, 0.2) is 0 Å². The van der Waals surface area contributed by atoms with Crippen molar-refractivity contribution in [3.05, 3.63) is 0 Å². The maximum absolute atomic E-state index is 5.92. The molecule has 1 aliphatic heterocycles. The van der Waals surface area contributed by atoms with Gasteiger partial charge in [0, 0.05) is 25.8 Å². The molecule has 0 spiro atoms. The first-order chi connectivity index (χ1) is 7.61. The molecule has 0 aromatic heterocycles. The van der Waals surface area contributed by atoms with Crippen LogP contribution in [0.3, 0.4) is 0 Å². The molecule has 0 aliphatic carbocycles. The number of rotatable bonds is 6. The molecule has 1 saturated heterocycles. The van der Waals surface area contributed by atoms with Crippen molar-refractivity contribution in [2.24, 2.45) is 11.1 Å². The summed E-state index contributed by atoms with van der Waals surface area (Å²) in [5, 5.41) is 0. The minimum atomic E-state index is 0.280. The van der Waals surface area contributed by atoms with Gasteiger partial charge < -0.3 is 15.4 Å². The lowest BCUT2D eigenvalue weighted by Gasteiger charge is -2.38. The molecule has 0 amide bonds. The zero-order chi connectivity index (χ0) is 12.0. The lowest BCUT2D eigenvalue weighted by molar-refractivity contribution is 0.0291. The summed E-state index contributed by atoms with van der Waals surface area (Å²) < 4.78 is 5.40. The van der Waals surface area contributed by atoms with Crippen molar-refractivity contribution in [2.45, 2.75) is 45.6 Å². The van der Waals surface area contributed by atoms with Crippen molar-refractivity contribution < 1.29 is 4.74 Å². The van der Waals surface area contributed by atoms with Gasteiger partial charge in [-0.3, -0.25) is 0 Å². The standard InChI is InChI=1S/C13H28N2O/c1-4-7-13(2,10-14)11-15(3)12-5-8-16-9-6-12/h12H,4-11,14H2,1-3H3. The molecule has 1 unspecified atom stereocenters. The summed E-state index contributed by atoms with van der Waals surface area (Å²) in [6, 6.07) is 0.691. The van der Waals surface area contributed by atoms with Crippen LogP contribution in [0.25, 0.3) is 0 Å². The Morgan fingerprint density at radius 2 is 2.00 bits per heavy atom. The van der Waals surface area contributed by atoms with Crippen LogP contribution in [0.1, 0.15) is 39.5 Å². The van der Waals surface area contributed by atoms with Crippen molar-refractivity contribution in [3.8, 4) is 0 Å². The van der Waals surface area contributed by atoms with Gasteiger partial charge in [-0.1, -0.05) is 20.3 Å². The van der Waals surface area contributed by atoms with E-state index in [1.54, 1.807) is 0 Å². The lowest BCUT2D eigenvalue weighted by Crippen LogP contribution is -2.45. The van der Waals surface area contributed by atoms with E-state index in [0.717, 1.165) is 26.3 Å². The van der Waals surface area contributed by atoms with Crippen LogP contribution < -0.4 is 5.73 Å². The van der Waals surface area contributed by atoms with Gasteiger partial charge in [0.15, 0.2) is 0 Å². The lowest BCUT2D eigenvalue weighted by atomic mass is 9.84. The molecule has 0 bridgehead atoms. The molecular formula is C13H28N2O. The maximum Gasteiger partial charge on any atom is 0.0480 e. The smallest absolute Gasteiger partial charge is 0.0480 e. The second kappa shape index (κ2) is 6.58. The molecule has 16 heavy (non-hydrogen) atoms. The highest BCUT2D eigenvalue weighted by Gasteiger charge is 2.27. The van der Waals surface area contributed by atoms with Crippen molar-refractivity contribution in [2.75, 3.05) is 33.4 Å². The fraction of sp³-hybridized carbons (Fsp3) is 1.00. The van der Waals surface area contributed by atoms with Gasteiger partial charge in [-0.25, -0.2) is 0 Å². The van der Waals surface area contributed by atoms with Crippen molar-refractivity contribution in [1.82, 2.24) is 4.90 Å². The molecule has 1 aliphatic rings. The van der Waals surface area contributed by atoms with Crippen LogP contribution in [-0.2, 0) is 4.74 Å². The second-order valence-electron chi connectivity index (χ2n) is 5.52. The Labute approximate surface area is 100 Å². The molecule has 0 radical (unpaired) electrons. The molecule has 1 rings (SSSR count). The van der Waals surface area contributed by atoms with E-state index >= 15 is 0 Å². The normalized spacial score (nSPS) is 22.3. The average Bonchev–Trinajstić information content (AvgIpc) is 2.30. The Morgan fingerprint density at radius 1 is 1.38 bits per heavy atom. The molecule has 2 N–H and O–H groups in total. The van der Waals surface area contributed by atoms with E-state index in [9.17, 15) is 0 Å². The number of ether oxygens (including phenoxy) is 1. The largest absolute Gasteiger partial charge is 0.381 e. The first-order valence-corrected chi connectivity index (χ1v) is 6.59. The van der Waals surface area contributed by atoms with E-state index in [4.69, 9.17) is 10.5 Å². The minimum absolute atomic E-state index is 0.280. The van der Waals surface area contributed by atoms with Crippen LogP contribution in [-0.4, -0.2) is 44.3 Å². The van der Waals surface area contributed by atoms with E-state index in [2.05, 4.69) is 25.8 Å². The zero-order valence-corrected chi connectivity index (χ0v) is 11.2. The summed E-state index contributed by atoms with van der Waals surface area (Å²) in [4.78, 5) is 2.49. The van der Waals surface area contributed by atoms with Gasteiger partial charge in [0.25, 0.3) is 0 Å². The first kappa shape index (κ1) is 13.9. The van der Waals surface area contributed by atoms with Crippen molar-refractivity contribution in [1.29, 1.82) is 0 Å². The van der Waals surface area contributed by atoms with Gasteiger partial charge in [0.05, 0.1) is 0 Å². The molecule has 0 aromatic rings.